The lowest BCUT2D eigenvalue weighted by molar-refractivity contribution is -0.119. The fourth-order valence-electron chi connectivity index (χ4n) is 2.80. The molecule has 3 rings (SSSR count). The summed E-state index contributed by atoms with van der Waals surface area (Å²) in [5.41, 5.74) is 2.83. The Morgan fingerprint density at radius 1 is 1.25 bits per heavy atom. The minimum atomic E-state index is -0.330. The lowest BCUT2D eigenvalue weighted by Gasteiger charge is -2.17. The van der Waals surface area contributed by atoms with Crippen LogP contribution in [0.4, 0.5) is 4.39 Å². The molecule has 1 atom stereocenters. The topological polar surface area (TPSA) is 59.8 Å². The standard InChI is InChI=1S/C20H20ClFN4OS/c1-12-4-7-16(21)10-18(12)26-19(13(2)23-14(3)27)24-25-20(26)28-11-15-5-8-17(22)9-6-15/h4-10,13H,11H2,1-3H3,(H,23,27). The van der Waals surface area contributed by atoms with Crippen LogP contribution in [0.25, 0.3) is 5.69 Å². The van der Waals surface area contributed by atoms with Gasteiger partial charge in [0.2, 0.25) is 5.91 Å². The molecule has 28 heavy (non-hydrogen) atoms. The van der Waals surface area contributed by atoms with Crippen LogP contribution in [0.3, 0.4) is 0 Å². The van der Waals surface area contributed by atoms with Gasteiger partial charge in [0.15, 0.2) is 11.0 Å². The molecule has 0 aliphatic rings. The maximum atomic E-state index is 13.1. The number of halogens is 2. The fraction of sp³-hybridized carbons (Fsp3) is 0.250. The van der Waals surface area contributed by atoms with Crippen molar-refractivity contribution in [1.82, 2.24) is 20.1 Å². The average molecular weight is 419 g/mol. The summed E-state index contributed by atoms with van der Waals surface area (Å²) in [4.78, 5) is 11.5. The number of thioether (sulfide) groups is 1. The van der Waals surface area contributed by atoms with Crippen molar-refractivity contribution in [3.63, 3.8) is 0 Å². The van der Waals surface area contributed by atoms with Gasteiger partial charge in [0, 0.05) is 17.7 Å². The van der Waals surface area contributed by atoms with Crippen LogP contribution >= 0.6 is 23.4 Å². The summed E-state index contributed by atoms with van der Waals surface area (Å²) in [6, 6.07) is 11.6. The molecular weight excluding hydrogens is 399 g/mol. The van der Waals surface area contributed by atoms with E-state index in [9.17, 15) is 9.18 Å². The SMILES string of the molecule is CC(=O)NC(C)c1nnc(SCc2ccc(F)cc2)n1-c1cc(Cl)ccc1C. The van der Waals surface area contributed by atoms with Gasteiger partial charge in [-0.3, -0.25) is 9.36 Å². The molecule has 0 fully saturated rings. The van der Waals surface area contributed by atoms with E-state index < -0.39 is 0 Å². The summed E-state index contributed by atoms with van der Waals surface area (Å²) in [5.74, 6) is 0.803. The summed E-state index contributed by atoms with van der Waals surface area (Å²) in [5, 5.41) is 12.8. The number of carbonyl (C=O) groups is 1. The molecule has 8 heteroatoms. The molecule has 0 aliphatic carbocycles. The molecule has 146 valence electrons. The number of hydrogen-bond acceptors (Lipinski definition) is 4. The number of benzene rings is 2. The zero-order valence-electron chi connectivity index (χ0n) is 15.7. The zero-order chi connectivity index (χ0) is 20.3. The molecular formula is C20H20ClFN4OS. The van der Waals surface area contributed by atoms with Gasteiger partial charge in [-0.25, -0.2) is 4.39 Å². The number of aromatic nitrogens is 3. The highest BCUT2D eigenvalue weighted by Crippen LogP contribution is 2.30. The summed E-state index contributed by atoms with van der Waals surface area (Å²) in [6.45, 7) is 5.30. The second-order valence-electron chi connectivity index (χ2n) is 6.44. The first kappa shape index (κ1) is 20.4. The van der Waals surface area contributed by atoms with E-state index >= 15 is 0 Å². The van der Waals surface area contributed by atoms with Gasteiger partial charge >= 0.3 is 0 Å². The maximum absolute atomic E-state index is 13.1. The Balaban J connectivity index is 1.99. The van der Waals surface area contributed by atoms with Crippen LogP contribution in [0, 0.1) is 12.7 Å². The van der Waals surface area contributed by atoms with E-state index in [2.05, 4.69) is 15.5 Å². The Labute approximate surface area is 172 Å². The van der Waals surface area contributed by atoms with E-state index in [-0.39, 0.29) is 17.8 Å². The largest absolute Gasteiger partial charge is 0.347 e. The Bertz CT molecular complexity index is 990. The van der Waals surface area contributed by atoms with Gasteiger partial charge in [0.25, 0.3) is 0 Å². The Kier molecular flexibility index (Phi) is 6.36. The number of carbonyl (C=O) groups excluding carboxylic acids is 1. The van der Waals surface area contributed by atoms with Crippen LogP contribution in [0.2, 0.25) is 5.02 Å². The van der Waals surface area contributed by atoms with Crippen LogP contribution in [0.1, 0.15) is 36.8 Å². The van der Waals surface area contributed by atoms with Crippen LogP contribution < -0.4 is 5.32 Å². The number of nitrogens with zero attached hydrogens (tertiary/aromatic N) is 3. The van der Waals surface area contributed by atoms with Crippen molar-refractivity contribution in [2.75, 3.05) is 0 Å². The van der Waals surface area contributed by atoms with E-state index in [1.165, 1.54) is 30.8 Å². The molecule has 5 nitrogen and oxygen atoms in total. The minimum absolute atomic E-state index is 0.148. The van der Waals surface area contributed by atoms with Crippen LogP contribution in [0.5, 0.6) is 0 Å². The minimum Gasteiger partial charge on any atom is -0.347 e. The molecule has 1 amide bonds. The van der Waals surface area contributed by atoms with E-state index in [0.29, 0.717) is 21.8 Å². The molecule has 0 spiro atoms. The first-order valence-corrected chi connectivity index (χ1v) is 10.1. The molecule has 1 heterocycles. The van der Waals surface area contributed by atoms with Gasteiger partial charge in [-0.05, 0) is 49.2 Å². The van der Waals surface area contributed by atoms with Gasteiger partial charge in [-0.15, -0.1) is 10.2 Å². The lowest BCUT2D eigenvalue weighted by Crippen LogP contribution is -2.26. The predicted octanol–water partition coefficient (Wildman–Crippen LogP) is 4.86. The van der Waals surface area contributed by atoms with Crippen molar-refractivity contribution in [1.29, 1.82) is 0 Å². The predicted molar refractivity (Wildman–Crippen MR) is 109 cm³/mol. The van der Waals surface area contributed by atoms with Crippen molar-refractivity contribution in [3.8, 4) is 5.69 Å². The van der Waals surface area contributed by atoms with Gasteiger partial charge in [0.1, 0.15) is 5.82 Å². The Hall–Kier alpha value is -2.38. The third-order valence-electron chi connectivity index (χ3n) is 4.16. The lowest BCUT2D eigenvalue weighted by atomic mass is 10.2. The molecule has 0 saturated heterocycles. The monoisotopic (exact) mass is 418 g/mol. The van der Waals surface area contributed by atoms with Gasteiger partial charge in [-0.1, -0.05) is 41.6 Å². The van der Waals surface area contributed by atoms with Crippen molar-refractivity contribution in [2.24, 2.45) is 0 Å². The summed E-state index contributed by atoms with van der Waals surface area (Å²) >= 11 is 7.71. The number of aryl methyl sites for hydroxylation is 1. The Morgan fingerprint density at radius 3 is 2.64 bits per heavy atom. The molecule has 1 unspecified atom stereocenters. The third kappa shape index (κ3) is 4.72. The fourth-order valence-corrected chi connectivity index (χ4v) is 3.88. The first-order chi connectivity index (χ1) is 13.3. The molecule has 1 N–H and O–H groups in total. The summed E-state index contributed by atoms with van der Waals surface area (Å²) in [6.07, 6.45) is 0. The van der Waals surface area contributed by atoms with Gasteiger partial charge in [0.05, 0.1) is 11.7 Å². The normalized spacial score (nSPS) is 12.0. The number of hydrogen-bond donors (Lipinski definition) is 1. The zero-order valence-corrected chi connectivity index (χ0v) is 17.3. The van der Waals surface area contributed by atoms with Crippen molar-refractivity contribution in [2.45, 2.75) is 37.7 Å². The molecule has 0 aliphatic heterocycles. The number of rotatable bonds is 6. The third-order valence-corrected chi connectivity index (χ3v) is 5.39. The van der Waals surface area contributed by atoms with Crippen molar-refractivity contribution in [3.05, 3.63) is 70.3 Å². The number of nitrogens with one attached hydrogen (secondary N) is 1. The first-order valence-electron chi connectivity index (χ1n) is 8.71. The molecule has 3 aromatic rings. The van der Waals surface area contributed by atoms with E-state index in [4.69, 9.17) is 11.6 Å². The van der Waals surface area contributed by atoms with Crippen LogP contribution in [-0.2, 0) is 10.5 Å². The highest BCUT2D eigenvalue weighted by atomic mass is 35.5. The van der Waals surface area contributed by atoms with Crippen molar-refractivity contribution >= 4 is 29.3 Å². The quantitative estimate of drug-likeness (QED) is 0.581. The Morgan fingerprint density at radius 2 is 1.96 bits per heavy atom. The van der Waals surface area contributed by atoms with E-state index in [1.807, 2.05) is 36.6 Å². The van der Waals surface area contributed by atoms with Crippen molar-refractivity contribution < 1.29 is 9.18 Å². The van der Waals surface area contributed by atoms with Crippen LogP contribution in [-0.4, -0.2) is 20.7 Å². The van der Waals surface area contributed by atoms with Gasteiger partial charge < -0.3 is 5.32 Å². The molecule has 0 radical (unpaired) electrons. The second-order valence-corrected chi connectivity index (χ2v) is 7.82. The van der Waals surface area contributed by atoms with Gasteiger partial charge in [-0.2, -0.15) is 0 Å². The summed E-state index contributed by atoms with van der Waals surface area (Å²) < 4.78 is 15.0. The molecule has 2 aromatic carbocycles. The highest BCUT2D eigenvalue weighted by Gasteiger charge is 2.21. The molecule has 0 saturated carbocycles. The highest BCUT2D eigenvalue weighted by molar-refractivity contribution is 7.98. The van der Waals surface area contributed by atoms with E-state index in [0.717, 1.165) is 16.8 Å². The maximum Gasteiger partial charge on any atom is 0.217 e. The molecule has 1 aromatic heterocycles. The number of amides is 1. The molecule has 0 bridgehead atoms. The second kappa shape index (κ2) is 8.75. The van der Waals surface area contributed by atoms with E-state index in [1.54, 1.807) is 12.1 Å². The smallest absolute Gasteiger partial charge is 0.217 e. The average Bonchev–Trinajstić information content (AvgIpc) is 3.06. The summed E-state index contributed by atoms with van der Waals surface area (Å²) in [7, 11) is 0. The van der Waals surface area contributed by atoms with Crippen LogP contribution in [0.15, 0.2) is 47.6 Å².